The molecule has 0 aliphatic rings. The van der Waals surface area contributed by atoms with Gasteiger partial charge in [0, 0.05) is 0 Å². The Balaban J connectivity index is -0.00000000218. The van der Waals surface area contributed by atoms with E-state index in [1.807, 2.05) is 0 Å². The third-order valence-corrected chi connectivity index (χ3v) is 0. The van der Waals surface area contributed by atoms with Gasteiger partial charge in [-0.1, -0.05) is 0 Å². The van der Waals surface area contributed by atoms with Gasteiger partial charge in [-0.25, -0.2) is 0 Å². The molecule has 6 nitrogen and oxygen atoms in total. The quantitative estimate of drug-likeness (QED) is 0.225. The first-order valence-electron chi connectivity index (χ1n) is 1.06. The molecule has 4 N–H and O–H groups in total. The Morgan fingerprint density at radius 1 is 0.368 bits per heavy atom. The predicted molar refractivity (Wildman–Crippen MR) is 105 cm³/mol. The SMILES string of the molecule is O=S(O)O.O=S(O)O.[NaH].[NaH].[NaH].[NaH].[NaH].[NaH].[NaH].[NaH].[NaH].[NaH].[NaH]. The number of rotatable bonds is 0. The standard InChI is InChI=1S/11Na.2H2O3S.11H/c;;;;;;;;;;;2*1-4(2)3;;;;;;;;;;;/h;;;;;;;;;;;2*(H2,1,2,3);;;;;;;;;;;. The number of hydrogen-bond donors (Lipinski definition) is 4. The van der Waals surface area contributed by atoms with Gasteiger partial charge in [-0.2, -0.15) is 8.42 Å². The average Bonchev–Trinajstić information content (AvgIpc) is 1.25. The van der Waals surface area contributed by atoms with Crippen molar-refractivity contribution in [2.45, 2.75) is 0 Å². The molecule has 0 rings (SSSR count). The van der Waals surface area contributed by atoms with Crippen molar-refractivity contribution in [2.24, 2.45) is 0 Å². The zero-order valence-corrected chi connectivity index (χ0v) is 5.05. The summed E-state index contributed by atoms with van der Waals surface area (Å²) in [5.74, 6) is 0. The molecular formula is H15Na11O6S2. The molecule has 19 heteroatoms. The van der Waals surface area contributed by atoms with Gasteiger partial charge in [0.25, 0.3) is 22.7 Å². The maximum absolute atomic E-state index is 8.67. The second-order valence-electron chi connectivity index (χ2n) is 0.461. The molecule has 0 heterocycles. The van der Waals surface area contributed by atoms with E-state index in [0.717, 1.165) is 0 Å². The van der Waals surface area contributed by atoms with Crippen molar-refractivity contribution in [2.75, 3.05) is 0 Å². The van der Waals surface area contributed by atoms with Gasteiger partial charge in [-0.05, 0) is 0 Å². The zero-order valence-electron chi connectivity index (χ0n) is 3.42. The van der Waals surface area contributed by atoms with Gasteiger partial charge in [0.15, 0.2) is 0 Å². The molecule has 0 unspecified atom stereocenters. The van der Waals surface area contributed by atoms with Crippen LogP contribution >= 0.6 is 0 Å². The Morgan fingerprint density at radius 2 is 0.368 bits per heavy atom. The second-order valence-corrected chi connectivity index (χ2v) is 1.38. The minimum atomic E-state index is -2.61. The van der Waals surface area contributed by atoms with Crippen molar-refractivity contribution < 1.29 is 26.6 Å². The maximum atomic E-state index is 8.67. The summed E-state index contributed by atoms with van der Waals surface area (Å²) in [6, 6.07) is 0. The fraction of sp³-hybridized carbons (Fsp3) is 0. The van der Waals surface area contributed by atoms with Crippen LogP contribution < -0.4 is 0 Å². The Morgan fingerprint density at radius 3 is 0.368 bits per heavy atom. The Hall–Kier alpha value is 11.1. The van der Waals surface area contributed by atoms with Gasteiger partial charge in [0.05, 0.1) is 0 Å². The molecule has 74 valence electrons. The Kier molecular flexibility index (Phi) is 360. The van der Waals surface area contributed by atoms with Gasteiger partial charge in [0.2, 0.25) is 0 Å². The summed E-state index contributed by atoms with van der Waals surface area (Å²) >= 11 is -5.22. The van der Waals surface area contributed by atoms with Gasteiger partial charge in [0.1, 0.15) is 0 Å². The van der Waals surface area contributed by atoms with Crippen LogP contribution in [0.1, 0.15) is 0 Å². The van der Waals surface area contributed by atoms with Crippen LogP contribution in [-0.4, -0.2) is 352 Å². The van der Waals surface area contributed by atoms with Crippen LogP contribution in [0.2, 0.25) is 0 Å². The molecule has 0 aliphatic carbocycles. The summed E-state index contributed by atoms with van der Waals surface area (Å²) in [6.45, 7) is 0. The van der Waals surface area contributed by atoms with Crippen molar-refractivity contribution in [3.05, 3.63) is 0 Å². The van der Waals surface area contributed by atoms with E-state index in [2.05, 4.69) is 0 Å². The summed E-state index contributed by atoms with van der Waals surface area (Å²) in [6.07, 6.45) is 0. The molecule has 0 aromatic carbocycles. The van der Waals surface area contributed by atoms with Crippen LogP contribution in [0.5, 0.6) is 0 Å². The fourth-order valence-corrected chi connectivity index (χ4v) is 0. The Labute approximate surface area is 363 Å². The summed E-state index contributed by atoms with van der Waals surface area (Å²) in [7, 11) is 0. The van der Waals surface area contributed by atoms with Gasteiger partial charge >= 0.3 is 325 Å². The van der Waals surface area contributed by atoms with Crippen molar-refractivity contribution in [1.29, 1.82) is 0 Å². The fourth-order valence-electron chi connectivity index (χ4n) is 0. The molecule has 0 aliphatic heterocycles. The molecule has 0 saturated carbocycles. The second kappa shape index (κ2) is 78.5. The molecule has 0 radical (unpaired) electrons. The van der Waals surface area contributed by atoms with E-state index in [1.165, 1.54) is 0 Å². The van der Waals surface area contributed by atoms with Crippen molar-refractivity contribution in [3.8, 4) is 0 Å². The van der Waals surface area contributed by atoms with E-state index in [4.69, 9.17) is 26.6 Å². The third kappa shape index (κ3) is 173. The summed E-state index contributed by atoms with van der Waals surface area (Å²) in [4.78, 5) is 0. The van der Waals surface area contributed by atoms with Crippen molar-refractivity contribution in [1.82, 2.24) is 0 Å². The van der Waals surface area contributed by atoms with Crippen LogP contribution in [0.15, 0.2) is 0 Å². The van der Waals surface area contributed by atoms with Crippen LogP contribution in [0.25, 0.3) is 0 Å². The zero-order chi connectivity index (χ0) is 7.15. The topological polar surface area (TPSA) is 115 Å². The molecule has 0 bridgehead atoms. The van der Waals surface area contributed by atoms with E-state index >= 15 is 0 Å². The van der Waals surface area contributed by atoms with Crippen LogP contribution in [0.4, 0.5) is 0 Å². The first kappa shape index (κ1) is 87.1. The molecule has 0 amide bonds. The molecule has 0 fully saturated rings. The van der Waals surface area contributed by atoms with E-state index in [9.17, 15) is 0 Å². The molecule has 0 spiro atoms. The summed E-state index contributed by atoms with van der Waals surface area (Å²) < 4.78 is 45.7. The third-order valence-electron chi connectivity index (χ3n) is 0. The van der Waals surface area contributed by atoms with E-state index in [-0.39, 0.29) is 325 Å². The molecule has 19 heavy (non-hydrogen) atoms. The molecule has 0 aromatic heterocycles. The van der Waals surface area contributed by atoms with Crippen molar-refractivity contribution in [3.63, 3.8) is 0 Å². The van der Waals surface area contributed by atoms with Crippen LogP contribution in [-0.2, 0) is 22.7 Å². The van der Waals surface area contributed by atoms with Gasteiger partial charge < -0.3 is 0 Å². The van der Waals surface area contributed by atoms with Gasteiger partial charge in [-0.3, -0.25) is 18.2 Å². The molecule has 0 saturated heterocycles. The predicted octanol–water partition coefficient (Wildman–Crippen LogP) is -7.77. The van der Waals surface area contributed by atoms with Crippen LogP contribution in [0.3, 0.4) is 0 Å². The monoisotopic (exact) mass is 428 g/mol. The first-order valence-corrected chi connectivity index (χ1v) is 3.19. The van der Waals surface area contributed by atoms with Gasteiger partial charge in [-0.15, -0.1) is 0 Å². The van der Waals surface area contributed by atoms with Crippen molar-refractivity contribution >= 4 is 348 Å². The Bertz CT molecular complexity index is 83.2. The molecular weight excluding hydrogens is 413 g/mol. The van der Waals surface area contributed by atoms with E-state index in [1.54, 1.807) is 0 Å². The van der Waals surface area contributed by atoms with E-state index < -0.39 is 22.7 Å². The van der Waals surface area contributed by atoms with E-state index in [0.29, 0.717) is 0 Å². The summed E-state index contributed by atoms with van der Waals surface area (Å²) in [5.41, 5.74) is 0. The molecule has 0 aromatic rings. The average molecular weight is 428 g/mol. The number of hydrogen-bond acceptors (Lipinski definition) is 2. The first-order chi connectivity index (χ1) is 3.46. The molecule has 0 atom stereocenters. The normalized spacial score (nSPS) is 3.68. The summed E-state index contributed by atoms with van der Waals surface area (Å²) in [5, 5.41) is 0. The minimum absolute atomic E-state index is 0. The van der Waals surface area contributed by atoms with Crippen LogP contribution in [0, 0.1) is 0 Å².